The van der Waals surface area contributed by atoms with Crippen molar-refractivity contribution in [1.29, 1.82) is 0 Å². The summed E-state index contributed by atoms with van der Waals surface area (Å²) in [5.74, 6) is 0.746. The number of hydrogen-bond donors (Lipinski definition) is 1. The Morgan fingerprint density at radius 1 is 1.05 bits per heavy atom. The number of furan rings is 1. The smallest absolute Gasteiger partial charge is 0.291 e. The van der Waals surface area contributed by atoms with Crippen LogP contribution in [0.25, 0.3) is 0 Å². The standard InChI is InChI=1S/C17H20BrNO2/c1-10(2)12-6-5-7-13(11(3)4)16(12)19-17(20)14-8-9-15(18)21-14/h5-11H,1-4H3,(H,19,20). The number of para-hydroxylation sites is 1. The van der Waals surface area contributed by atoms with Crippen molar-refractivity contribution >= 4 is 27.5 Å². The van der Waals surface area contributed by atoms with Crippen molar-refractivity contribution in [3.05, 3.63) is 51.9 Å². The Labute approximate surface area is 133 Å². The molecule has 1 N–H and O–H groups in total. The lowest BCUT2D eigenvalue weighted by molar-refractivity contribution is 0.0995. The Balaban J connectivity index is 2.39. The summed E-state index contributed by atoms with van der Waals surface area (Å²) < 4.78 is 5.87. The van der Waals surface area contributed by atoms with Crippen molar-refractivity contribution in [3.63, 3.8) is 0 Å². The zero-order valence-corrected chi connectivity index (χ0v) is 14.3. The molecule has 2 aromatic rings. The van der Waals surface area contributed by atoms with Crippen molar-refractivity contribution in [1.82, 2.24) is 0 Å². The van der Waals surface area contributed by atoms with E-state index in [1.54, 1.807) is 12.1 Å². The highest BCUT2D eigenvalue weighted by Gasteiger charge is 2.18. The van der Waals surface area contributed by atoms with Gasteiger partial charge in [-0.2, -0.15) is 0 Å². The predicted octanol–water partition coefficient (Wildman–Crippen LogP) is 5.54. The molecule has 1 amide bonds. The molecule has 0 aliphatic heterocycles. The molecule has 0 unspecified atom stereocenters. The Morgan fingerprint density at radius 2 is 1.62 bits per heavy atom. The molecule has 0 fully saturated rings. The maximum absolute atomic E-state index is 12.4. The second-order valence-electron chi connectivity index (χ2n) is 5.68. The normalized spacial score (nSPS) is 11.2. The third-order valence-electron chi connectivity index (χ3n) is 3.41. The second-order valence-corrected chi connectivity index (χ2v) is 6.46. The Bertz CT molecular complexity index is 618. The first kappa shape index (κ1) is 15.8. The minimum atomic E-state index is -0.226. The maximum atomic E-state index is 12.4. The lowest BCUT2D eigenvalue weighted by Gasteiger charge is -2.19. The van der Waals surface area contributed by atoms with Crippen LogP contribution in [0.1, 0.15) is 61.2 Å². The van der Waals surface area contributed by atoms with Crippen LogP contribution in [0.3, 0.4) is 0 Å². The molecule has 0 aliphatic carbocycles. The molecule has 0 atom stereocenters. The van der Waals surface area contributed by atoms with Crippen molar-refractivity contribution < 1.29 is 9.21 Å². The van der Waals surface area contributed by atoms with Gasteiger partial charge in [-0.25, -0.2) is 0 Å². The maximum Gasteiger partial charge on any atom is 0.291 e. The van der Waals surface area contributed by atoms with Crippen LogP contribution in [0.15, 0.2) is 39.4 Å². The van der Waals surface area contributed by atoms with E-state index in [0.717, 1.165) is 16.8 Å². The van der Waals surface area contributed by atoms with Crippen LogP contribution >= 0.6 is 15.9 Å². The van der Waals surface area contributed by atoms with E-state index in [4.69, 9.17) is 4.42 Å². The van der Waals surface area contributed by atoms with Gasteiger partial charge in [0.15, 0.2) is 10.4 Å². The van der Waals surface area contributed by atoms with Crippen molar-refractivity contribution in [2.75, 3.05) is 5.32 Å². The first-order chi connectivity index (χ1) is 9.90. The molecule has 3 nitrogen and oxygen atoms in total. The molecule has 1 heterocycles. The summed E-state index contributed by atoms with van der Waals surface area (Å²) in [6.07, 6.45) is 0. The van der Waals surface area contributed by atoms with E-state index in [9.17, 15) is 4.79 Å². The number of nitrogens with one attached hydrogen (secondary N) is 1. The molecule has 1 aromatic heterocycles. The summed E-state index contributed by atoms with van der Waals surface area (Å²) in [7, 11) is 0. The summed E-state index contributed by atoms with van der Waals surface area (Å²) in [5, 5.41) is 3.02. The zero-order chi connectivity index (χ0) is 15.6. The Morgan fingerprint density at radius 3 is 2.05 bits per heavy atom. The molecular formula is C17H20BrNO2. The lowest BCUT2D eigenvalue weighted by atomic mass is 9.92. The molecular weight excluding hydrogens is 330 g/mol. The highest BCUT2D eigenvalue weighted by molar-refractivity contribution is 9.10. The van der Waals surface area contributed by atoms with Crippen LogP contribution in [-0.4, -0.2) is 5.91 Å². The number of carbonyl (C=O) groups excluding carboxylic acids is 1. The van der Waals surface area contributed by atoms with Crippen LogP contribution in [0.5, 0.6) is 0 Å². The van der Waals surface area contributed by atoms with Gasteiger partial charge in [0.1, 0.15) is 0 Å². The van der Waals surface area contributed by atoms with E-state index in [2.05, 4.69) is 61.1 Å². The average Bonchev–Trinajstić information content (AvgIpc) is 2.85. The van der Waals surface area contributed by atoms with Crippen molar-refractivity contribution in [3.8, 4) is 0 Å². The molecule has 0 aliphatic rings. The van der Waals surface area contributed by atoms with E-state index in [1.807, 2.05) is 6.07 Å². The number of benzene rings is 1. The van der Waals surface area contributed by atoms with E-state index in [-0.39, 0.29) is 5.91 Å². The van der Waals surface area contributed by atoms with Crippen LogP contribution in [-0.2, 0) is 0 Å². The summed E-state index contributed by atoms with van der Waals surface area (Å²) in [6.45, 7) is 8.49. The number of amides is 1. The fourth-order valence-corrected chi connectivity index (χ4v) is 2.61. The van der Waals surface area contributed by atoms with Crippen LogP contribution in [0.4, 0.5) is 5.69 Å². The molecule has 112 valence electrons. The molecule has 4 heteroatoms. The minimum absolute atomic E-state index is 0.226. The summed E-state index contributed by atoms with van der Waals surface area (Å²) in [4.78, 5) is 12.4. The van der Waals surface area contributed by atoms with Gasteiger partial charge in [0.05, 0.1) is 0 Å². The molecule has 0 saturated heterocycles. The third kappa shape index (κ3) is 3.56. The van der Waals surface area contributed by atoms with Gasteiger partial charge in [-0.15, -0.1) is 0 Å². The van der Waals surface area contributed by atoms with Gasteiger partial charge in [-0.05, 0) is 51.0 Å². The summed E-state index contributed by atoms with van der Waals surface area (Å²) in [6, 6.07) is 9.54. The van der Waals surface area contributed by atoms with Gasteiger partial charge in [0, 0.05) is 5.69 Å². The molecule has 2 rings (SSSR count). The summed E-state index contributed by atoms with van der Waals surface area (Å²) in [5.41, 5.74) is 3.18. The van der Waals surface area contributed by atoms with Crippen LogP contribution in [0.2, 0.25) is 0 Å². The summed E-state index contributed by atoms with van der Waals surface area (Å²) >= 11 is 3.21. The van der Waals surface area contributed by atoms with Gasteiger partial charge < -0.3 is 9.73 Å². The fraction of sp³-hybridized carbons (Fsp3) is 0.353. The monoisotopic (exact) mass is 349 g/mol. The van der Waals surface area contributed by atoms with Gasteiger partial charge >= 0.3 is 0 Å². The second kappa shape index (κ2) is 6.48. The highest BCUT2D eigenvalue weighted by atomic mass is 79.9. The van der Waals surface area contributed by atoms with E-state index < -0.39 is 0 Å². The number of rotatable bonds is 4. The minimum Gasteiger partial charge on any atom is -0.444 e. The molecule has 0 spiro atoms. The molecule has 1 aromatic carbocycles. The fourth-order valence-electron chi connectivity index (χ4n) is 2.31. The zero-order valence-electron chi connectivity index (χ0n) is 12.7. The van der Waals surface area contributed by atoms with E-state index >= 15 is 0 Å². The Hall–Kier alpha value is -1.55. The van der Waals surface area contributed by atoms with Crippen molar-refractivity contribution in [2.45, 2.75) is 39.5 Å². The largest absolute Gasteiger partial charge is 0.444 e. The molecule has 0 bridgehead atoms. The lowest BCUT2D eigenvalue weighted by Crippen LogP contribution is -2.15. The topological polar surface area (TPSA) is 42.2 Å². The SMILES string of the molecule is CC(C)c1cccc(C(C)C)c1NC(=O)c1ccc(Br)o1. The van der Waals surface area contributed by atoms with E-state index in [1.165, 1.54) is 0 Å². The number of anilines is 1. The molecule has 0 saturated carbocycles. The van der Waals surface area contributed by atoms with Crippen molar-refractivity contribution in [2.24, 2.45) is 0 Å². The van der Waals surface area contributed by atoms with Crippen LogP contribution in [0, 0.1) is 0 Å². The number of hydrogen-bond acceptors (Lipinski definition) is 2. The van der Waals surface area contributed by atoms with Crippen LogP contribution < -0.4 is 5.32 Å². The van der Waals surface area contributed by atoms with Gasteiger partial charge in [-0.3, -0.25) is 4.79 Å². The first-order valence-corrected chi connectivity index (χ1v) is 7.89. The predicted molar refractivity (Wildman–Crippen MR) is 89.0 cm³/mol. The third-order valence-corrected chi connectivity index (χ3v) is 3.83. The quantitative estimate of drug-likeness (QED) is 0.786. The number of carbonyl (C=O) groups is 1. The highest BCUT2D eigenvalue weighted by Crippen LogP contribution is 2.32. The van der Waals surface area contributed by atoms with Gasteiger partial charge in [0.2, 0.25) is 0 Å². The van der Waals surface area contributed by atoms with Gasteiger partial charge in [0.25, 0.3) is 5.91 Å². The van der Waals surface area contributed by atoms with Gasteiger partial charge in [-0.1, -0.05) is 45.9 Å². The molecule has 21 heavy (non-hydrogen) atoms. The number of halogens is 1. The average molecular weight is 350 g/mol. The first-order valence-electron chi connectivity index (χ1n) is 7.09. The van der Waals surface area contributed by atoms with E-state index in [0.29, 0.717) is 22.3 Å². The Kier molecular flexibility index (Phi) is 4.88. The molecule has 0 radical (unpaired) electrons.